The summed E-state index contributed by atoms with van der Waals surface area (Å²) in [5.41, 5.74) is 3.72. The molecule has 2 heterocycles. The summed E-state index contributed by atoms with van der Waals surface area (Å²) in [6.07, 6.45) is 3.00. The van der Waals surface area contributed by atoms with Crippen LogP contribution in [0.2, 0.25) is 0 Å². The zero-order chi connectivity index (χ0) is 21.6. The van der Waals surface area contributed by atoms with Gasteiger partial charge in [-0.3, -0.25) is 19.8 Å². The quantitative estimate of drug-likeness (QED) is 0.356. The number of furan rings is 1. The zero-order valence-electron chi connectivity index (χ0n) is 16.9. The van der Waals surface area contributed by atoms with Crippen molar-refractivity contribution in [3.05, 3.63) is 111 Å². The number of hydrogen-bond acceptors (Lipinski definition) is 6. The van der Waals surface area contributed by atoms with Crippen LogP contribution in [0.25, 0.3) is 0 Å². The van der Waals surface area contributed by atoms with Crippen molar-refractivity contribution in [3.8, 4) is 0 Å². The number of hydrazone groups is 1. The van der Waals surface area contributed by atoms with Crippen molar-refractivity contribution in [2.45, 2.75) is 6.54 Å². The third-order valence-electron chi connectivity index (χ3n) is 4.71. The second kappa shape index (κ2) is 9.00. The monoisotopic (exact) mass is 415 g/mol. The first kappa shape index (κ1) is 20.0. The van der Waals surface area contributed by atoms with E-state index in [1.54, 1.807) is 12.3 Å². The summed E-state index contributed by atoms with van der Waals surface area (Å²) in [7, 11) is 1.42. The highest BCUT2D eigenvalue weighted by Gasteiger charge is 2.20. The smallest absolute Gasteiger partial charge is 0.329 e. The lowest BCUT2D eigenvalue weighted by Gasteiger charge is -2.25. The van der Waals surface area contributed by atoms with Crippen molar-refractivity contribution in [2.75, 3.05) is 10.3 Å². The molecule has 0 atom stereocenters. The van der Waals surface area contributed by atoms with E-state index < -0.39 is 11.2 Å². The highest BCUT2D eigenvalue weighted by molar-refractivity contribution is 5.88. The molecular weight excluding hydrogens is 394 g/mol. The van der Waals surface area contributed by atoms with Gasteiger partial charge in [0.1, 0.15) is 17.1 Å². The van der Waals surface area contributed by atoms with E-state index in [1.807, 2.05) is 71.6 Å². The minimum atomic E-state index is -0.520. The van der Waals surface area contributed by atoms with Crippen molar-refractivity contribution in [3.63, 3.8) is 0 Å². The molecule has 0 amide bonds. The van der Waals surface area contributed by atoms with Gasteiger partial charge in [0.2, 0.25) is 0 Å². The Morgan fingerprint density at radius 3 is 2.42 bits per heavy atom. The summed E-state index contributed by atoms with van der Waals surface area (Å²) in [6.45, 7) is 0.313. The van der Waals surface area contributed by atoms with Crippen LogP contribution in [-0.4, -0.2) is 15.8 Å². The molecule has 0 aliphatic rings. The summed E-state index contributed by atoms with van der Waals surface area (Å²) >= 11 is 0. The normalized spacial score (nSPS) is 11.0. The molecule has 4 rings (SSSR count). The van der Waals surface area contributed by atoms with Crippen LogP contribution in [0.1, 0.15) is 11.3 Å². The standard InChI is InChI=1S/C23H21N5O3/c1-27-22(29)20(15-24-26-17-9-4-2-5-10-17)21(25-23(27)30)28(16-19-13-8-14-31-19)18-11-6-3-7-12-18/h2-15,26H,16H2,1H3,(H,25,30)/b24-15+. The fourth-order valence-electron chi connectivity index (χ4n) is 3.11. The Morgan fingerprint density at radius 1 is 1.03 bits per heavy atom. The van der Waals surface area contributed by atoms with Crippen molar-refractivity contribution >= 4 is 23.4 Å². The lowest BCUT2D eigenvalue weighted by molar-refractivity contribution is 0.509. The predicted octanol–water partition coefficient (Wildman–Crippen LogP) is 3.45. The van der Waals surface area contributed by atoms with Crippen LogP contribution >= 0.6 is 0 Å². The van der Waals surface area contributed by atoms with Gasteiger partial charge < -0.3 is 9.32 Å². The average Bonchev–Trinajstić information content (AvgIpc) is 3.32. The molecule has 31 heavy (non-hydrogen) atoms. The molecule has 0 unspecified atom stereocenters. The first-order valence-electron chi connectivity index (χ1n) is 9.66. The van der Waals surface area contributed by atoms with Crippen molar-refractivity contribution < 1.29 is 4.42 Å². The Labute approximate surface area is 178 Å². The van der Waals surface area contributed by atoms with E-state index in [2.05, 4.69) is 15.5 Å². The Kier molecular flexibility index (Phi) is 5.79. The van der Waals surface area contributed by atoms with Crippen molar-refractivity contribution in [1.82, 2.24) is 9.55 Å². The molecule has 4 aromatic rings. The summed E-state index contributed by atoms with van der Waals surface area (Å²) in [5.74, 6) is 1.00. The van der Waals surface area contributed by atoms with E-state index in [-0.39, 0.29) is 5.56 Å². The molecule has 2 aromatic heterocycles. The Balaban J connectivity index is 1.80. The van der Waals surface area contributed by atoms with Crippen molar-refractivity contribution in [2.24, 2.45) is 12.1 Å². The Morgan fingerprint density at radius 2 is 1.74 bits per heavy atom. The maximum atomic E-state index is 13.0. The van der Waals surface area contributed by atoms with Gasteiger partial charge in [-0.25, -0.2) is 4.79 Å². The molecule has 8 heteroatoms. The molecule has 0 fully saturated rings. The number of nitrogens with one attached hydrogen (secondary N) is 2. The summed E-state index contributed by atoms with van der Waals surface area (Å²) in [6, 6.07) is 22.4. The molecule has 0 saturated carbocycles. The molecule has 0 radical (unpaired) electrons. The first-order chi connectivity index (χ1) is 15.1. The number of para-hydroxylation sites is 2. The van der Waals surface area contributed by atoms with E-state index in [9.17, 15) is 9.59 Å². The lowest BCUT2D eigenvalue weighted by atomic mass is 10.2. The maximum Gasteiger partial charge on any atom is 0.329 e. The number of aromatic nitrogens is 2. The molecule has 2 N–H and O–H groups in total. The van der Waals surface area contributed by atoms with E-state index in [0.29, 0.717) is 18.1 Å². The average molecular weight is 415 g/mol. The van der Waals surface area contributed by atoms with Gasteiger partial charge >= 0.3 is 5.69 Å². The van der Waals surface area contributed by atoms with E-state index >= 15 is 0 Å². The molecule has 0 spiro atoms. The van der Waals surface area contributed by atoms with Gasteiger partial charge in [0.25, 0.3) is 5.56 Å². The predicted molar refractivity (Wildman–Crippen MR) is 121 cm³/mol. The second-order valence-corrected chi connectivity index (χ2v) is 6.79. The maximum absolute atomic E-state index is 13.0. The number of rotatable bonds is 7. The van der Waals surface area contributed by atoms with Crippen LogP contribution < -0.4 is 21.6 Å². The fraction of sp³-hybridized carbons (Fsp3) is 0.0870. The zero-order valence-corrected chi connectivity index (χ0v) is 16.9. The van der Waals surface area contributed by atoms with Gasteiger partial charge in [-0.1, -0.05) is 36.4 Å². The molecule has 8 nitrogen and oxygen atoms in total. The van der Waals surface area contributed by atoms with Crippen LogP contribution in [0.3, 0.4) is 0 Å². The first-order valence-corrected chi connectivity index (χ1v) is 9.66. The molecule has 0 aliphatic carbocycles. The molecule has 0 saturated heterocycles. The van der Waals surface area contributed by atoms with Crippen LogP contribution in [0.15, 0.2) is 98.2 Å². The van der Waals surface area contributed by atoms with Crippen LogP contribution in [0.4, 0.5) is 17.2 Å². The third-order valence-corrected chi connectivity index (χ3v) is 4.71. The number of aromatic amines is 1. The Bertz CT molecular complexity index is 1280. The molecule has 0 aliphatic heterocycles. The van der Waals surface area contributed by atoms with Gasteiger partial charge in [0, 0.05) is 12.7 Å². The SMILES string of the molecule is Cn1c(=O)[nH]c(N(Cc2ccco2)c2ccccc2)c(/C=N/Nc2ccccc2)c1=O. The van der Waals surface area contributed by atoms with Gasteiger partial charge in [0.05, 0.1) is 24.7 Å². The fourth-order valence-corrected chi connectivity index (χ4v) is 3.11. The van der Waals surface area contributed by atoms with Crippen LogP contribution in [0, 0.1) is 0 Å². The second-order valence-electron chi connectivity index (χ2n) is 6.79. The minimum absolute atomic E-state index is 0.237. The summed E-state index contributed by atoms with van der Waals surface area (Å²) in [5, 5.41) is 4.22. The van der Waals surface area contributed by atoms with Gasteiger partial charge in [-0.05, 0) is 36.4 Å². The third kappa shape index (κ3) is 4.48. The highest BCUT2D eigenvalue weighted by Crippen LogP contribution is 2.26. The van der Waals surface area contributed by atoms with Gasteiger partial charge in [0.15, 0.2) is 0 Å². The van der Waals surface area contributed by atoms with Crippen LogP contribution in [0.5, 0.6) is 0 Å². The number of hydrogen-bond donors (Lipinski definition) is 2. The number of nitrogens with zero attached hydrogens (tertiary/aromatic N) is 3. The van der Waals surface area contributed by atoms with Crippen molar-refractivity contribution in [1.29, 1.82) is 0 Å². The van der Waals surface area contributed by atoms with Gasteiger partial charge in [-0.2, -0.15) is 5.10 Å². The highest BCUT2D eigenvalue weighted by atomic mass is 16.3. The lowest BCUT2D eigenvalue weighted by Crippen LogP contribution is -2.38. The van der Waals surface area contributed by atoms with E-state index in [4.69, 9.17) is 4.42 Å². The Hall–Kier alpha value is -4.33. The number of H-pyrrole nitrogens is 1. The molecule has 156 valence electrons. The minimum Gasteiger partial charge on any atom is -0.467 e. The molecular formula is C23H21N5O3. The molecule has 0 bridgehead atoms. The van der Waals surface area contributed by atoms with E-state index in [0.717, 1.165) is 15.9 Å². The summed E-state index contributed by atoms with van der Waals surface area (Å²) in [4.78, 5) is 30.0. The number of anilines is 3. The largest absolute Gasteiger partial charge is 0.467 e. The topological polar surface area (TPSA) is 95.6 Å². The van der Waals surface area contributed by atoms with Gasteiger partial charge in [-0.15, -0.1) is 0 Å². The summed E-state index contributed by atoms with van der Waals surface area (Å²) < 4.78 is 6.52. The van der Waals surface area contributed by atoms with Crippen LogP contribution in [-0.2, 0) is 13.6 Å². The van der Waals surface area contributed by atoms with E-state index in [1.165, 1.54) is 13.3 Å². The molecule has 2 aromatic carbocycles. The number of benzene rings is 2.